The average Bonchev–Trinajstić information content (AvgIpc) is 2.64. The number of hydrogen-bond donors (Lipinski definition) is 1. The molecule has 0 aromatic heterocycles. The molecule has 0 bridgehead atoms. The summed E-state index contributed by atoms with van der Waals surface area (Å²) in [5.74, 6) is -1.22. The van der Waals surface area contributed by atoms with Crippen molar-refractivity contribution in [2.24, 2.45) is 17.1 Å². The lowest BCUT2D eigenvalue weighted by molar-refractivity contribution is -0.165. The quantitative estimate of drug-likeness (QED) is 0.783. The third-order valence-electron chi connectivity index (χ3n) is 5.42. The van der Waals surface area contributed by atoms with E-state index in [1.807, 2.05) is 0 Å². The third kappa shape index (κ3) is 4.88. The van der Waals surface area contributed by atoms with Crippen LogP contribution < -0.4 is 5.73 Å². The predicted molar refractivity (Wildman–Crippen MR) is 89.2 cm³/mol. The lowest BCUT2D eigenvalue weighted by Crippen LogP contribution is -2.55. The molecule has 6 nitrogen and oxygen atoms in total. The maximum Gasteiger partial charge on any atom is 0.406 e. The van der Waals surface area contributed by atoms with Gasteiger partial charge in [0.15, 0.2) is 0 Å². The minimum absolute atomic E-state index is 0.00708. The summed E-state index contributed by atoms with van der Waals surface area (Å²) >= 11 is 0. The van der Waals surface area contributed by atoms with Gasteiger partial charge in [-0.2, -0.15) is 13.2 Å². The Kier molecular flexibility index (Phi) is 6.90. The summed E-state index contributed by atoms with van der Waals surface area (Å²) < 4.78 is 43.4. The molecule has 0 radical (unpaired) electrons. The Morgan fingerprint density at radius 2 is 1.96 bits per heavy atom. The highest BCUT2D eigenvalue weighted by molar-refractivity contribution is 5.85. The first kappa shape index (κ1) is 21.0. The van der Waals surface area contributed by atoms with Gasteiger partial charge in [0, 0.05) is 39.4 Å². The fraction of sp³-hybridized carbons (Fsp3) is 0.882. The van der Waals surface area contributed by atoms with Crippen molar-refractivity contribution in [1.82, 2.24) is 9.80 Å². The van der Waals surface area contributed by atoms with Crippen molar-refractivity contribution in [3.8, 4) is 0 Å². The summed E-state index contributed by atoms with van der Waals surface area (Å²) in [6.45, 7) is 2.08. The monoisotopic (exact) mass is 379 g/mol. The maximum absolute atomic E-state index is 13.0. The molecule has 0 aromatic rings. The van der Waals surface area contributed by atoms with E-state index < -0.39 is 30.0 Å². The molecule has 2 amide bonds. The van der Waals surface area contributed by atoms with Crippen LogP contribution in [-0.2, 0) is 14.3 Å². The van der Waals surface area contributed by atoms with Crippen LogP contribution in [0.1, 0.15) is 32.6 Å². The summed E-state index contributed by atoms with van der Waals surface area (Å²) in [6, 6.07) is 0. The highest BCUT2D eigenvalue weighted by atomic mass is 19.4. The maximum atomic E-state index is 13.0. The molecule has 0 spiro atoms. The Hall–Kier alpha value is -1.35. The molecule has 150 valence electrons. The largest absolute Gasteiger partial charge is 0.406 e. The molecule has 2 rings (SSSR count). The summed E-state index contributed by atoms with van der Waals surface area (Å²) in [6.07, 6.45) is -2.26. The predicted octanol–water partition coefficient (Wildman–Crippen LogP) is 1.39. The minimum Gasteiger partial charge on any atom is -0.381 e. The van der Waals surface area contributed by atoms with Crippen molar-refractivity contribution in [1.29, 1.82) is 0 Å². The molecule has 2 N–H and O–H groups in total. The number of alkyl halides is 3. The van der Waals surface area contributed by atoms with Crippen molar-refractivity contribution < 1.29 is 27.5 Å². The Bertz CT molecular complexity index is 507. The number of piperidine rings is 1. The van der Waals surface area contributed by atoms with Crippen molar-refractivity contribution in [2.75, 3.05) is 45.9 Å². The molecule has 2 aliphatic heterocycles. The number of halogens is 3. The van der Waals surface area contributed by atoms with Gasteiger partial charge in [-0.1, -0.05) is 0 Å². The molecule has 1 atom stereocenters. The van der Waals surface area contributed by atoms with Gasteiger partial charge in [-0.15, -0.1) is 0 Å². The minimum atomic E-state index is -4.43. The van der Waals surface area contributed by atoms with Crippen LogP contribution in [0.25, 0.3) is 0 Å². The standard InChI is InChI=1S/C17H28F3N3O3/c1-2-22(12-17(18,19)20)14(24)13-4-3-7-23(10-13)15(25)16(11-21)5-8-26-9-6-16/h13H,2-12,21H2,1H3. The van der Waals surface area contributed by atoms with Crippen molar-refractivity contribution >= 4 is 11.8 Å². The SMILES string of the molecule is CCN(CC(F)(F)F)C(=O)C1CCCN(C(=O)C2(CN)CCOCC2)C1. The van der Waals surface area contributed by atoms with Gasteiger partial charge in [0.2, 0.25) is 11.8 Å². The second kappa shape index (κ2) is 8.56. The molecule has 26 heavy (non-hydrogen) atoms. The van der Waals surface area contributed by atoms with E-state index in [1.54, 1.807) is 4.90 Å². The zero-order chi connectivity index (χ0) is 19.4. The Balaban J connectivity index is 2.05. The second-order valence-electron chi connectivity index (χ2n) is 7.15. The van der Waals surface area contributed by atoms with E-state index in [0.717, 1.165) is 4.90 Å². The second-order valence-corrected chi connectivity index (χ2v) is 7.15. The molecule has 0 saturated carbocycles. The van der Waals surface area contributed by atoms with E-state index in [9.17, 15) is 22.8 Å². The number of carbonyl (C=O) groups is 2. The fourth-order valence-electron chi connectivity index (χ4n) is 3.79. The number of nitrogens with zero attached hydrogens (tertiary/aromatic N) is 2. The number of rotatable bonds is 5. The van der Waals surface area contributed by atoms with Gasteiger partial charge in [0.1, 0.15) is 6.54 Å². The van der Waals surface area contributed by atoms with E-state index in [2.05, 4.69) is 0 Å². The number of carbonyl (C=O) groups excluding carboxylic acids is 2. The molecule has 0 aromatic carbocycles. The normalized spacial score (nSPS) is 23.6. The van der Waals surface area contributed by atoms with Crippen LogP contribution in [0, 0.1) is 11.3 Å². The lowest BCUT2D eigenvalue weighted by atomic mass is 9.78. The number of amides is 2. The first-order valence-electron chi connectivity index (χ1n) is 9.15. The van der Waals surface area contributed by atoms with Crippen LogP contribution in [0.15, 0.2) is 0 Å². The van der Waals surface area contributed by atoms with Crippen LogP contribution >= 0.6 is 0 Å². The summed E-state index contributed by atoms with van der Waals surface area (Å²) in [5, 5.41) is 0. The summed E-state index contributed by atoms with van der Waals surface area (Å²) in [4.78, 5) is 28.0. The van der Waals surface area contributed by atoms with Crippen LogP contribution in [0.3, 0.4) is 0 Å². The Morgan fingerprint density at radius 1 is 1.31 bits per heavy atom. The molecular formula is C17H28F3N3O3. The summed E-state index contributed by atoms with van der Waals surface area (Å²) in [5.41, 5.74) is 5.20. The number of ether oxygens (including phenoxy) is 1. The highest BCUT2D eigenvalue weighted by Gasteiger charge is 2.44. The van der Waals surface area contributed by atoms with Gasteiger partial charge in [0.25, 0.3) is 0 Å². The van der Waals surface area contributed by atoms with Crippen LogP contribution in [0.2, 0.25) is 0 Å². The van der Waals surface area contributed by atoms with Gasteiger partial charge in [-0.3, -0.25) is 9.59 Å². The molecule has 2 heterocycles. The van der Waals surface area contributed by atoms with Gasteiger partial charge < -0.3 is 20.3 Å². The van der Waals surface area contributed by atoms with E-state index in [4.69, 9.17) is 10.5 Å². The van der Waals surface area contributed by atoms with E-state index in [0.29, 0.717) is 45.4 Å². The Labute approximate surface area is 151 Å². The zero-order valence-electron chi connectivity index (χ0n) is 15.2. The fourth-order valence-corrected chi connectivity index (χ4v) is 3.79. The topological polar surface area (TPSA) is 75.9 Å². The van der Waals surface area contributed by atoms with Gasteiger partial charge in [-0.05, 0) is 32.6 Å². The van der Waals surface area contributed by atoms with Crippen molar-refractivity contribution in [3.63, 3.8) is 0 Å². The van der Waals surface area contributed by atoms with Gasteiger partial charge >= 0.3 is 6.18 Å². The molecule has 0 aliphatic carbocycles. The van der Waals surface area contributed by atoms with E-state index in [1.165, 1.54) is 6.92 Å². The third-order valence-corrected chi connectivity index (χ3v) is 5.42. The molecule has 2 fully saturated rings. The lowest BCUT2D eigenvalue weighted by Gasteiger charge is -2.42. The average molecular weight is 379 g/mol. The first-order valence-corrected chi connectivity index (χ1v) is 9.15. The smallest absolute Gasteiger partial charge is 0.381 e. The first-order chi connectivity index (χ1) is 12.2. The van der Waals surface area contributed by atoms with Crippen molar-refractivity contribution in [2.45, 2.75) is 38.8 Å². The van der Waals surface area contributed by atoms with Crippen molar-refractivity contribution in [3.05, 3.63) is 0 Å². The number of hydrogen-bond acceptors (Lipinski definition) is 4. The highest BCUT2D eigenvalue weighted by Crippen LogP contribution is 2.33. The van der Waals surface area contributed by atoms with Gasteiger partial charge in [0.05, 0.1) is 11.3 Å². The zero-order valence-corrected chi connectivity index (χ0v) is 15.2. The number of nitrogens with two attached hydrogens (primary N) is 1. The molecular weight excluding hydrogens is 351 g/mol. The van der Waals surface area contributed by atoms with E-state index in [-0.39, 0.29) is 25.5 Å². The van der Waals surface area contributed by atoms with Crippen LogP contribution in [0.5, 0.6) is 0 Å². The molecule has 9 heteroatoms. The van der Waals surface area contributed by atoms with Gasteiger partial charge in [-0.25, -0.2) is 0 Å². The molecule has 2 aliphatic rings. The van der Waals surface area contributed by atoms with Crippen LogP contribution in [-0.4, -0.2) is 73.7 Å². The summed E-state index contributed by atoms with van der Waals surface area (Å²) in [7, 11) is 0. The van der Waals surface area contributed by atoms with Crippen LogP contribution in [0.4, 0.5) is 13.2 Å². The molecule has 1 unspecified atom stereocenters. The number of likely N-dealkylation sites (tertiary alicyclic amines) is 1. The molecule has 2 saturated heterocycles. The van der Waals surface area contributed by atoms with E-state index >= 15 is 0 Å². The Morgan fingerprint density at radius 3 is 2.50 bits per heavy atom.